The summed E-state index contributed by atoms with van der Waals surface area (Å²) >= 11 is 4.64. The van der Waals surface area contributed by atoms with Crippen LogP contribution in [-0.2, 0) is 13.0 Å². The third kappa shape index (κ3) is 9.62. The molecule has 0 aliphatic carbocycles. The molecule has 0 radical (unpaired) electrons. The van der Waals surface area contributed by atoms with Crippen LogP contribution >= 0.6 is 11.6 Å². The Labute approximate surface area is 260 Å². The molecule has 0 bridgehead atoms. The minimum Gasteiger partial charge on any atom is -0.367 e. The number of pyridine rings is 3. The summed E-state index contributed by atoms with van der Waals surface area (Å²) in [5.41, 5.74) is 4.13. The fourth-order valence-electron chi connectivity index (χ4n) is 4.77. The summed E-state index contributed by atoms with van der Waals surface area (Å²) in [5.74, 6) is 0.978. The first-order valence-corrected chi connectivity index (χ1v) is 15.7. The number of rotatable bonds is 10. The van der Waals surface area contributed by atoms with Crippen LogP contribution in [0.1, 0.15) is 73.8 Å². The molecule has 3 aromatic heterocycles. The molecule has 1 aliphatic heterocycles. The van der Waals surface area contributed by atoms with Crippen LogP contribution < -0.4 is 26.4 Å². The van der Waals surface area contributed by atoms with E-state index >= 15 is 0 Å². The number of aromatic nitrogens is 3. The van der Waals surface area contributed by atoms with Crippen molar-refractivity contribution in [2.45, 2.75) is 67.0 Å². The van der Waals surface area contributed by atoms with Gasteiger partial charge in [0.05, 0.1) is 11.3 Å². The quantitative estimate of drug-likeness (QED) is 0.158. The van der Waals surface area contributed by atoms with E-state index in [1.165, 1.54) is 6.38 Å². The van der Waals surface area contributed by atoms with Crippen molar-refractivity contribution in [1.29, 1.82) is 5.41 Å². The van der Waals surface area contributed by atoms with Gasteiger partial charge in [-0.1, -0.05) is 27.2 Å². The molecule has 1 fully saturated rings. The van der Waals surface area contributed by atoms with Crippen LogP contribution in [-0.4, -0.2) is 65.7 Å². The number of aryl methyl sites for hydroxylation is 2. The molecule has 1 saturated heterocycles. The molecular formula is C32H47ClN8O2. The van der Waals surface area contributed by atoms with Crippen molar-refractivity contribution < 1.29 is 4.79 Å². The highest BCUT2D eigenvalue weighted by Gasteiger charge is 2.20. The van der Waals surface area contributed by atoms with Gasteiger partial charge < -0.3 is 31.2 Å². The summed E-state index contributed by atoms with van der Waals surface area (Å²) in [4.78, 5) is 40.7. The number of aromatic amines is 1. The Balaban J connectivity index is 0.00000155. The summed E-state index contributed by atoms with van der Waals surface area (Å²) in [5, 5.41) is 17.6. The summed E-state index contributed by atoms with van der Waals surface area (Å²) in [6, 6.07) is 7.62. The molecule has 1 amide bonds. The van der Waals surface area contributed by atoms with E-state index < -0.39 is 0 Å². The number of piperazine rings is 1. The number of anilines is 2. The maximum Gasteiger partial charge on any atom is 0.253 e. The molecule has 0 unspecified atom stereocenters. The van der Waals surface area contributed by atoms with E-state index in [9.17, 15) is 9.59 Å². The van der Waals surface area contributed by atoms with E-state index in [1.54, 1.807) is 12.3 Å². The molecule has 0 atom stereocenters. The molecule has 234 valence electrons. The summed E-state index contributed by atoms with van der Waals surface area (Å²) in [6.07, 6.45) is 6.03. The largest absolute Gasteiger partial charge is 0.367 e. The number of amides is 1. The molecule has 4 rings (SSSR count). The van der Waals surface area contributed by atoms with Gasteiger partial charge in [0.1, 0.15) is 11.6 Å². The van der Waals surface area contributed by atoms with Gasteiger partial charge >= 0.3 is 0 Å². The minimum absolute atomic E-state index is 0.0401. The molecule has 0 aromatic carbocycles. The highest BCUT2D eigenvalue weighted by Crippen LogP contribution is 2.26. The summed E-state index contributed by atoms with van der Waals surface area (Å²) in [6.45, 7) is 15.6. The SMILES string of the molecule is CC.CCCc1cc(C)[nH]c(=O)c1CNC(=O)c1cc(-c2ccc(N3CCNCC3)nc2)nc(NC(C)C)c1C=N.CCl. The zero-order valence-corrected chi connectivity index (χ0v) is 27.3. The number of nitrogens with one attached hydrogen (secondary N) is 5. The van der Waals surface area contributed by atoms with E-state index in [4.69, 9.17) is 10.4 Å². The normalized spacial score (nSPS) is 12.4. The molecule has 11 heteroatoms. The number of carbonyl (C=O) groups is 1. The monoisotopic (exact) mass is 610 g/mol. The van der Waals surface area contributed by atoms with Crippen molar-refractivity contribution in [2.75, 3.05) is 42.8 Å². The zero-order chi connectivity index (χ0) is 31.9. The predicted molar refractivity (Wildman–Crippen MR) is 179 cm³/mol. The Morgan fingerprint density at radius 3 is 2.47 bits per heavy atom. The van der Waals surface area contributed by atoms with Gasteiger partial charge in [-0.25, -0.2) is 9.97 Å². The molecule has 10 nitrogen and oxygen atoms in total. The highest BCUT2D eigenvalue weighted by molar-refractivity contribution is 6.15. The number of carbonyl (C=O) groups excluding carboxylic acids is 1. The third-order valence-electron chi connectivity index (χ3n) is 6.67. The van der Waals surface area contributed by atoms with Gasteiger partial charge in [-0.15, -0.1) is 11.6 Å². The van der Waals surface area contributed by atoms with Crippen LogP contribution in [0.25, 0.3) is 11.3 Å². The van der Waals surface area contributed by atoms with Crippen molar-refractivity contribution in [1.82, 2.24) is 25.6 Å². The lowest BCUT2D eigenvalue weighted by atomic mass is 10.0. The fraction of sp³-hybridized carbons (Fsp3) is 0.469. The van der Waals surface area contributed by atoms with E-state index in [0.717, 1.165) is 67.9 Å². The van der Waals surface area contributed by atoms with Gasteiger partial charge in [0.2, 0.25) is 0 Å². The minimum atomic E-state index is -0.378. The molecule has 5 N–H and O–H groups in total. The lowest BCUT2D eigenvalue weighted by Gasteiger charge is -2.28. The maximum atomic E-state index is 13.5. The number of halogens is 1. The van der Waals surface area contributed by atoms with Crippen LogP contribution in [0.15, 0.2) is 35.3 Å². The molecule has 4 heterocycles. The number of H-pyrrole nitrogens is 1. The third-order valence-corrected chi connectivity index (χ3v) is 6.67. The highest BCUT2D eigenvalue weighted by atomic mass is 35.5. The topological polar surface area (TPSA) is 139 Å². The fourth-order valence-corrected chi connectivity index (χ4v) is 4.77. The Morgan fingerprint density at radius 2 is 1.88 bits per heavy atom. The second-order valence-corrected chi connectivity index (χ2v) is 10.1. The number of hydrogen-bond donors (Lipinski definition) is 5. The van der Waals surface area contributed by atoms with E-state index in [1.807, 2.05) is 52.8 Å². The van der Waals surface area contributed by atoms with Gasteiger partial charge in [0.25, 0.3) is 11.5 Å². The smallest absolute Gasteiger partial charge is 0.253 e. The van der Waals surface area contributed by atoms with E-state index in [-0.39, 0.29) is 24.1 Å². The Morgan fingerprint density at radius 1 is 1.19 bits per heavy atom. The first-order chi connectivity index (χ1) is 20.8. The summed E-state index contributed by atoms with van der Waals surface area (Å²) in [7, 11) is 0. The van der Waals surface area contributed by atoms with Crippen molar-refractivity contribution in [3.8, 4) is 11.3 Å². The van der Waals surface area contributed by atoms with Crippen LogP contribution in [0.5, 0.6) is 0 Å². The lowest BCUT2D eigenvalue weighted by Crippen LogP contribution is -2.43. The van der Waals surface area contributed by atoms with Gasteiger partial charge in [0.15, 0.2) is 0 Å². The first kappa shape index (κ1) is 35.4. The van der Waals surface area contributed by atoms with Crippen LogP contribution in [0.3, 0.4) is 0 Å². The molecule has 0 spiro atoms. The number of hydrogen-bond acceptors (Lipinski definition) is 8. The zero-order valence-electron chi connectivity index (χ0n) is 26.5. The molecule has 1 aliphatic rings. The van der Waals surface area contributed by atoms with E-state index in [2.05, 4.69) is 49.3 Å². The predicted octanol–water partition coefficient (Wildman–Crippen LogP) is 5.13. The molecule has 3 aromatic rings. The van der Waals surface area contributed by atoms with Crippen molar-refractivity contribution in [3.63, 3.8) is 0 Å². The van der Waals surface area contributed by atoms with Crippen molar-refractivity contribution in [3.05, 3.63) is 68.8 Å². The average molecular weight is 611 g/mol. The Bertz CT molecular complexity index is 1380. The Hall–Kier alpha value is -3.76. The van der Waals surface area contributed by atoms with Gasteiger partial charge in [-0.2, -0.15) is 0 Å². The van der Waals surface area contributed by atoms with Crippen LogP contribution in [0.2, 0.25) is 0 Å². The number of alkyl halides is 1. The maximum absolute atomic E-state index is 13.5. The molecule has 0 saturated carbocycles. The Kier molecular flexibility index (Phi) is 14.9. The molecular weight excluding hydrogens is 564 g/mol. The standard InChI is InChI=1S/C29H38N8O2.C2H6.CH3Cl/c1-5-6-20-13-19(4)35-29(39)24(20)17-33-28(38)22-14-25(36-27(23(22)15-30)34-18(2)3)21-7-8-26(32-16-21)37-11-9-31-10-12-37;2*1-2/h7-8,13-16,18,30-31H,5-6,9-12,17H2,1-4H3,(H,33,38)(H,34,36)(H,35,39);1-2H3;1H3. The first-order valence-electron chi connectivity index (χ1n) is 14.9. The van der Waals surface area contributed by atoms with Crippen LogP contribution in [0, 0.1) is 12.3 Å². The second kappa shape index (κ2) is 18.0. The van der Waals surface area contributed by atoms with E-state index in [0.29, 0.717) is 28.2 Å². The van der Waals surface area contributed by atoms with Gasteiger partial charge in [-0.3, -0.25) is 9.59 Å². The summed E-state index contributed by atoms with van der Waals surface area (Å²) < 4.78 is 0. The lowest BCUT2D eigenvalue weighted by molar-refractivity contribution is 0.0950. The molecule has 43 heavy (non-hydrogen) atoms. The average Bonchev–Trinajstić information content (AvgIpc) is 3.02. The number of nitrogens with zero attached hydrogens (tertiary/aromatic N) is 3. The van der Waals surface area contributed by atoms with Crippen molar-refractivity contribution in [2.24, 2.45) is 0 Å². The van der Waals surface area contributed by atoms with Gasteiger partial charge in [0, 0.05) is 79.9 Å². The van der Waals surface area contributed by atoms with Gasteiger partial charge in [-0.05, 0) is 57.0 Å². The second-order valence-electron chi connectivity index (χ2n) is 10.1. The van der Waals surface area contributed by atoms with Crippen molar-refractivity contribution >= 4 is 35.4 Å². The van der Waals surface area contributed by atoms with Crippen LogP contribution in [0.4, 0.5) is 11.6 Å².